The lowest BCUT2D eigenvalue weighted by molar-refractivity contribution is -0.0443. The van der Waals surface area contributed by atoms with Crippen LogP contribution in [-0.4, -0.2) is 42.4 Å². The van der Waals surface area contributed by atoms with Crippen molar-refractivity contribution in [2.75, 3.05) is 26.2 Å². The first-order valence-electron chi connectivity index (χ1n) is 7.07. The Bertz CT molecular complexity index is 440. The van der Waals surface area contributed by atoms with Crippen LogP contribution in [0.5, 0.6) is 0 Å². The fourth-order valence-corrected chi connectivity index (χ4v) is 2.56. The van der Waals surface area contributed by atoms with E-state index in [0.29, 0.717) is 19.7 Å². The SMILES string of the molecule is CCCC1CN(CC(O)c2cc(F)ccc2F)CCO1. The van der Waals surface area contributed by atoms with Crippen LogP contribution >= 0.6 is 0 Å². The number of benzene rings is 1. The average Bonchev–Trinajstić information content (AvgIpc) is 2.42. The summed E-state index contributed by atoms with van der Waals surface area (Å²) in [6.45, 7) is 4.43. The van der Waals surface area contributed by atoms with Crippen LogP contribution in [-0.2, 0) is 4.74 Å². The van der Waals surface area contributed by atoms with E-state index < -0.39 is 17.7 Å². The lowest BCUT2D eigenvalue weighted by atomic mass is 10.1. The van der Waals surface area contributed by atoms with Gasteiger partial charge in [-0.05, 0) is 24.6 Å². The van der Waals surface area contributed by atoms with Crippen LogP contribution in [0.2, 0.25) is 0 Å². The van der Waals surface area contributed by atoms with Gasteiger partial charge in [0.15, 0.2) is 0 Å². The molecular formula is C15H21F2NO2. The minimum atomic E-state index is -1.02. The summed E-state index contributed by atoms with van der Waals surface area (Å²) in [6.07, 6.45) is 1.16. The molecule has 2 unspecified atom stereocenters. The molecule has 1 aromatic rings. The molecule has 1 aromatic carbocycles. The molecule has 112 valence electrons. The maximum Gasteiger partial charge on any atom is 0.129 e. The Morgan fingerprint density at radius 1 is 1.45 bits per heavy atom. The number of ether oxygens (including phenoxy) is 1. The Labute approximate surface area is 118 Å². The second-order valence-electron chi connectivity index (χ2n) is 5.22. The Hall–Kier alpha value is -1.04. The van der Waals surface area contributed by atoms with Crippen LogP contribution < -0.4 is 0 Å². The Morgan fingerprint density at radius 2 is 2.25 bits per heavy atom. The summed E-state index contributed by atoms with van der Waals surface area (Å²) in [5, 5.41) is 10.1. The lowest BCUT2D eigenvalue weighted by Crippen LogP contribution is -2.44. The van der Waals surface area contributed by atoms with Crippen LogP contribution in [0, 0.1) is 11.6 Å². The van der Waals surface area contributed by atoms with Gasteiger partial charge in [-0.2, -0.15) is 0 Å². The second kappa shape index (κ2) is 7.11. The van der Waals surface area contributed by atoms with Gasteiger partial charge < -0.3 is 9.84 Å². The summed E-state index contributed by atoms with van der Waals surface area (Å²) in [5.74, 6) is -1.11. The fourth-order valence-electron chi connectivity index (χ4n) is 2.56. The normalized spacial score (nSPS) is 21.9. The van der Waals surface area contributed by atoms with Crippen molar-refractivity contribution in [3.8, 4) is 0 Å². The van der Waals surface area contributed by atoms with Crippen molar-refractivity contribution >= 4 is 0 Å². The van der Waals surface area contributed by atoms with E-state index in [0.717, 1.165) is 37.6 Å². The van der Waals surface area contributed by atoms with E-state index in [-0.39, 0.29) is 11.7 Å². The zero-order valence-electron chi connectivity index (χ0n) is 11.7. The summed E-state index contributed by atoms with van der Waals surface area (Å²) in [6, 6.07) is 3.16. The third kappa shape index (κ3) is 3.98. The highest BCUT2D eigenvalue weighted by molar-refractivity contribution is 5.21. The van der Waals surface area contributed by atoms with Gasteiger partial charge in [-0.1, -0.05) is 13.3 Å². The van der Waals surface area contributed by atoms with Crippen molar-refractivity contribution in [1.29, 1.82) is 0 Å². The molecule has 2 atom stereocenters. The van der Waals surface area contributed by atoms with E-state index in [1.807, 2.05) is 4.90 Å². The first kappa shape index (κ1) is 15.4. The number of rotatable bonds is 5. The van der Waals surface area contributed by atoms with Gasteiger partial charge in [0.25, 0.3) is 0 Å². The molecule has 3 nitrogen and oxygen atoms in total. The zero-order chi connectivity index (χ0) is 14.5. The van der Waals surface area contributed by atoms with Crippen molar-refractivity contribution in [2.24, 2.45) is 0 Å². The molecule has 1 saturated heterocycles. The van der Waals surface area contributed by atoms with Gasteiger partial charge in [0, 0.05) is 25.2 Å². The molecule has 20 heavy (non-hydrogen) atoms. The number of aliphatic hydroxyl groups is 1. The molecule has 0 aromatic heterocycles. The minimum Gasteiger partial charge on any atom is -0.387 e. The van der Waals surface area contributed by atoms with Crippen molar-refractivity contribution < 1.29 is 18.6 Å². The third-order valence-electron chi connectivity index (χ3n) is 3.58. The number of morpholine rings is 1. The highest BCUT2D eigenvalue weighted by atomic mass is 19.1. The zero-order valence-corrected chi connectivity index (χ0v) is 11.7. The molecule has 2 rings (SSSR count). The van der Waals surface area contributed by atoms with Crippen molar-refractivity contribution in [2.45, 2.75) is 32.0 Å². The van der Waals surface area contributed by atoms with E-state index in [1.54, 1.807) is 0 Å². The van der Waals surface area contributed by atoms with Crippen LogP contribution in [0.3, 0.4) is 0 Å². The molecule has 1 aliphatic heterocycles. The summed E-state index contributed by atoms with van der Waals surface area (Å²) >= 11 is 0. The number of hydrogen-bond acceptors (Lipinski definition) is 3. The molecule has 5 heteroatoms. The van der Waals surface area contributed by atoms with Crippen LogP contribution in [0.15, 0.2) is 18.2 Å². The summed E-state index contributed by atoms with van der Waals surface area (Å²) < 4.78 is 32.4. The third-order valence-corrected chi connectivity index (χ3v) is 3.58. The Balaban J connectivity index is 1.96. The van der Waals surface area contributed by atoms with Gasteiger partial charge in [-0.3, -0.25) is 4.90 Å². The summed E-state index contributed by atoms with van der Waals surface area (Å²) in [4.78, 5) is 2.04. The summed E-state index contributed by atoms with van der Waals surface area (Å²) in [5.41, 5.74) is 0.0172. The number of nitrogens with zero attached hydrogens (tertiary/aromatic N) is 1. The molecule has 0 saturated carbocycles. The first-order chi connectivity index (χ1) is 9.60. The summed E-state index contributed by atoms with van der Waals surface area (Å²) in [7, 11) is 0. The maximum absolute atomic E-state index is 13.6. The highest BCUT2D eigenvalue weighted by Crippen LogP contribution is 2.21. The molecular weight excluding hydrogens is 264 g/mol. The van der Waals surface area contributed by atoms with Gasteiger partial charge in [0.05, 0.1) is 18.8 Å². The van der Waals surface area contributed by atoms with E-state index in [4.69, 9.17) is 4.74 Å². The monoisotopic (exact) mass is 285 g/mol. The van der Waals surface area contributed by atoms with Crippen LogP contribution in [0.25, 0.3) is 0 Å². The second-order valence-corrected chi connectivity index (χ2v) is 5.22. The first-order valence-corrected chi connectivity index (χ1v) is 7.07. The Morgan fingerprint density at radius 3 is 3.00 bits per heavy atom. The van der Waals surface area contributed by atoms with Crippen LogP contribution in [0.4, 0.5) is 8.78 Å². The fraction of sp³-hybridized carbons (Fsp3) is 0.600. The smallest absolute Gasteiger partial charge is 0.129 e. The molecule has 1 N–H and O–H groups in total. The molecule has 0 radical (unpaired) electrons. The maximum atomic E-state index is 13.6. The van der Waals surface area contributed by atoms with Gasteiger partial charge in [-0.15, -0.1) is 0 Å². The number of halogens is 2. The quantitative estimate of drug-likeness (QED) is 0.902. The highest BCUT2D eigenvalue weighted by Gasteiger charge is 2.23. The van der Waals surface area contributed by atoms with Crippen molar-refractivity contribution in [3.05, 3.63) is 35.4 Å². The van der Waals surface area contributed by atoms with Gasteiger partial charge in [0.2, 0.25) is 0 Å². The largest absolute Gasteiger partial charge is 0.387 e. The molecule has 1 fully saturated rings. The predicted octanol–water partition coefficient (Wildman–Crippen LogP) is 2.50. The molecule has 0 amide bonds. The van der Waals surface area contributed by atoms with E-state index in [9.17, 15) is 13.9 Å². The van der Waals surface area contributed by atoms with Gasteiger partial charge in [-0.25, -0.2) is 8.78 Å². The molecule has 1 aliphatic rings. The van der Waals surface area contributed by atoms with Gasteiger partial charge >= 0.3 is 0 Å². The lowest BCUT2D eigenvalue weighted by Gasteiger charge is -2.34. The van der Waals surface area contributed by atoms with E-state index >= 15 is 0 Å². The average molecular weight is 285 g/mol. The van der Waals surface area contributed by atoms with E-state index in [2.05, 4.69) is 6.92 Å². The predicted molar refractivity (Wildman–Crippen MR) is 72.4 cm³/mol. The number of β-amino-alcohol motifs (C(OH)–C–C–N with tert-alkyl or cyclic N) is 1. The van der Waals surface area contributed by atoms with Gasteiger partial charge in [0.1, 0.15) is 11.6 Å². The molecule has 0 spiro atoms. The molecule has 0 aliphatic carbocycles. The van der Waals surface area contributed by atoms with Crippen LogP contribution in [0.1, 0.15) is 31.4 Å². The minimum absolute atomic E-state index is 0.0172. The molecule has 0 bridgehead atoms. The number of aliphatic hydroxyl groups excluding tert-OH is 1. The number of hydrogen-bond donors (Lipinski definition) is 1. The standard InChI is InChI=1S/C15H21F2NO2/c1-2-3-12-9-18(6-7-20-12)10-15(19)13-8-11(16)4-5-14(13)17/h4-5,8,12,15,19H,2-3,6-7,9-10H2,1H3. The van der Waals surface area contributed by atoms with E-state index in [1.165, 1.54) is 0 Å². The topological polar surface area (TPSA) is 32.7 Å². The Kier molecular flexibility index (Phi) is 5.46. The van der Waals surface area contributed by atoms with Crippen molar-refractivity contribution in [1.82, 2.24) is 4.90 Å². The van der Waals surface area contributed by atoms with Crippen molar-refractivity contribution in [3.63, 3.8) is 0 Å². The molecule has 1 heterocycles.